The van der Waals surface area contributed by atoms with Crippen LogP contribution in [0.15, 0.2) is 110 Å². The van der Waals surface area contributed by atoms with E-state index in [9.17, 15) is 8.42 Å². The molecule has 0 bridgehead atoms. The normalized spacial score (nSPS) is 11.9. The first-order valence-corrected chi connectivity index (χ1v) is 13.6. The summed E-state index contributed by atoms with van der Waals surface area (Å²) in [5, 5.41) is 5.87. The molecule has 0 fully saturated rings. The van der Waals surface area contributed by atoms with Gasteiger partial charge < -0.3 is 13.1 Å². The van der Waals surface area contributed by atoms with Gasteiger partial charge in [0.1, 0.15) is 16.9 Å². The van der Waals surface area contributed by atoms with Gasteiger partial charge in [0.2, 0.25) is 0 Å². The maximum absolute atomic E-state index is 13.2. The van der Waals surface area contributed by atoms with Gasteiger partial charge in [-0.15, -0.1) is 4.49 Å². The number of sulfonamides is 1. The summed E-state index contributed by atoms with van der Waals surface area (Å²) >= 11 is 0. The topological polar surface area (TPSA) is 81.7 Å². The molecule has 0 aliphatic carbocycles. The van der Waals surface area contributed by atoms with Crippen LogP contribution in [0.1, 0.15) is 0 Å². The summed E-state index contributed by atoms with van der Waals surface area (Å²) in [6.07, 6.45) is 0. The molecule has 1 heterocycles. The fraction of sp³-hybridized carbons (Fsp3) is 0.0370. The van der Waals surface area contributed by atoms with Crippen molar-refractivity contribution in [3.05, 3.63) is 97.1 Å². The van der Waals surface area contributed by atoms with E-state index in [1.54, 1.807) is 12.1 Å². The van der Waals surface area contributed by atoms with Crippen molar-refractivity contribution in [2.24, 2.45) is 0 Å². The summed E-state index contributed by atoms with van der Waals surface area (Å²) in [4.78, 5) is 0.0923. The van der Waals surface area contributed by atoms with Gasteiger partial charge in [-0.2, -0.15) is 0 Å². The van der Waals surface area contributed by atoms with Gasteiger partial charge in [-0.3, -0.25) is 0 Å². The van der Waals surface area contributed by atoms with Gasteiger partial charge in [0.25, 0.3) is 10.0 Å². The minimum atomic E-state index is -3.92. The lowest BCUT2D eigenvalue weighted by atomic mass is 9.99. The summed E-state index contributed by atoms with van der Waals surface area (Å²) in [6.45, 7) is 0. The Morgan fingerprint density at radius 3 is 1.71 bits per heavy atom. The summed E-state index contributed by atoms with van der Waals surface area (Å²) in [5.74, 6) is 0.568. The highest BCUT2D eigenvalue weighted by Gasteiger charge is 2.19. The van der Waals surface area contributed by atoms with E-state index in [1.807, 2.05) is 72.8 Å². The zero-order chi connectivity index (χ0) is 24.0. The first kappa shape index (κ1) is 21.7. The SMILES string of the molecule is COc1ccc(S(=O)(=O)Np2oc3ccc4ccccc4c3c3c(ccc4ccccc43)o2)cc1. The highest BCUT2D eigenvalue weighted by atomic mass is 32.2. The average molecular weight is 502 g/mol. The highest BCUT2D eigenvalue weighted by molar-refractivity contribution is 7.97. The van der Waals surface area contributed by atoms with Gasteiger partial charge in [-0.1, -0.05) is 60.7 Å². The van der Waals surface area contributed by atoms with Crippen LogP contribution in [0.4, 0.5) is 0 Å². The molecule has 6 nitrogen and oxygen atoms in total. The quantitative estimate of drug-likeness (QED) is 0.270. The van der Waals surface area contributed by atoms with Crippen LogP contribution in [0, 0.1) is 0 Å². The van der Waals surface area contributed by atoms with Gasteiger partial charge in [0, 0.05) is 10.8 Å². The van der Waals surface area contributed by atoms with E-state index in [4.69, 9.17) is 13.1 Å². The molecule has 174 valence electrons. The average Bonchev–Trinajstić information content (AvgIpc) is 3.04. The molecule has 5 aromatic carbocycles. The molecule has 0 atom stereocenters. The molecule has 1 N–H and O–H groups in total. The number of nitrogens with one attached hydrogen (secondary N) is 1. The largest absolute Gasteiger partial charge is 0.497 e. The number of rotatable bonds is 4. The number of hydrogen-bond donors (Lipinski definition) is 1. The van der Waals surface area contributed by atoms with Crippen LogP contribution >= 0.6 is 8.16 Å². The van der Waals surface area contributed by atoms with E-state index in [1.165, 1.54) is 19.2 Å². The number of benzene rings is 5. The van der Waals surface area contributed by atoms with E-state index in [0.717, 1.165) is 32.3 Å². The molecule has 35 heavy (non-hydrogen) atoms. The minimum Gasteiger partial charge on any atom is -0.497 e. The van der Waals surface area contributed by atoms with Crippen molar-refractivity contribution < 1.29 is 21.5 Å². The summed E-state index contributed by atoms with van der Waals surface area (Å²) in [6, 6.07) is 29.9. The molecular formula is C27H20NO5PS. The molecule has 0 saturated heterocycles. The number of methoxy groups -OCH3 is 1. The maximum atomic E-state index is 13.2. The third-order valence-corrected chi connectivity index (χ3v) is 9.13. The molecule has 1 aromatic heterocycles. The van der Waals surface area contributed by atoms with Gasteiger partial charge in [-0.05, 0) is 57.9 Å². The Labute approximate surface area is 202 Å². The lowest BCUT2D eigenvalue weighted by Crippen LogP contribution is -2.10. The van der Waals surface area contributed by atoms with Gasteiger partial charge in [0.05, 0.1) is 12.0 Å². The maximum Gasteiger partial charge on any atom is 0.321 e. The zero-order valence-corrected chi connectivity index (χ0v) is 20.3. The van der Waals surface area contributed by atoms with Gasteiger partial charge in [0.15, 0.2) is 0 Å². The van der Waals surface area contributed by atoms with Crippen molar-refractivity contribution in [3.63, 3.8) is 0 Å². The second kappa shape index (κ2) is 8.47. The third kappa shape index (κ3) is 3.84. The lowest BCUT2D eigenvalue weighted by molar-refractivity contribution is 0.414. The smallest absolute Gasteiger partial charge is 0.321 e. The van der Waals surface area contributed by atoms with E-state index in [-0.39, 0.29) is 4.90 Å². The van der Waals surface area contributed by atoms with Crippen LogP contribution in [-0.4, -0.2) is 15.5 Å². The summed E-state index contributed by atoms with van der Waals surface area (Å²) < 4.78 is 46.5. The van der Waals surface area contributed by atoms with E-state index in [2.05, 4.69) is 4.49 Å². The van der Waals surface area contributed by atoms with Crippen LogP contribution in [0.3, 0.4) is 0 Å². The predicted molar refractivity (Wildman–Crippen MR) is 141 cm³/mol. The molecule has 6 rings (SSSR count). The van der Waals surface area contributed by atoms with Crippen LogP contribution in [0.5, 0.6) is 5.75 Å². The third-order valence-electron chi connectivity index (χ3n) is 5.96. The van der Waals surface area contributed by atoms with E-state index >= 15 is 0 Å². The molecule has 6 aromatic rings. The van der Waals surface area contributed by atoms with Crippen LogP contribution in [0.25, 0.3) is 43.5 Å². The van der Waals surface area contributed by atoms with Crippen molar-refractivity contribution in [2.45, 2.75) is 4.90 Å². The summed E-state index contributed by atoms with van der Waals surface area (Å²) in [5.41, 5.74) is 1.12. The Kier molecular flexibility index (Phi) is 5.26. The van der Waals surface area contributed by atoms with E-state index < -0.39 is 18.2 Å². The van der Waals surface area contributed by atoms with Crippen LogP contribution in [-0.2, 0) is 10.0 Å². The number of ether oxygens (including phenoxy) is 1. The Morgan fingerprint density at radius 2 is 1.20 bits per heavy atom. The molecule has 0 aliphatic heterocycles. The highest BCUT2D eigenvalue weighted by Crippen LogP contribution is 2.40. The van der Waals surface area contributed by atoms with Gasteiger partial charge in [-0.25, -0.2) is 8.42 Å². The fourth-order valence-corrected chi connectivity index (χ4v) is 7.01. The molecule has 0 amide bonds. The number of hydrogen-bond acceptors (Lipinski definition) is 5. The van der Waals surface area contributed by atoms with Crippen molar-refractivity contribution in [3.8, 4) is 5.75 Å². The first-order chi connectivity index (χ1) is 17.0. The first-order valence-electron chi connectivity index (χ1n) is 10.9. The summed E-state index contributed by atoms with van der Waals surface area (Å²) in [7, 11) is -4.46. The van der Waals surface area contributed by atoms with Crippen molar-refractivity contribution in [2.75, 3.05) is 11.6 Å². The van der Waals surface area contributed by atoms with Crippen molar-refractivity contribution in [1.29, 1.82) is 0 Å². The van der Waals surface area contributed by atoms with Crippen molar-refractivity contribution >= 4 is 61.7 Å². The fourth-order valence-electron chi connectivity index (χ4n) is 4.31. The van der Waals surface area contributed by atoms with E-state index in [0.29, 0.717) is 16.9 Å². The molecular weight excluding hydrogens is 481 g/mol. The lowest BCUT2D eigenvalue weighted by Gasteiger charge is -2.05. The van der Waals surface area contributed by atoms with Crippen molar-refractivity contribution in [1.82, 2.24) is 0 Å². The number of fused-ring (bicyclic) bond motifs is 7. The Bertz CT molecular complexity index is 1780. The molecule has 0 unspecified atom stereocenters. The molecule has 0 saturated carbocycles. The second-order valence-corrected chi connectivity index (χ2v) is 11.1. The standard InChI is InChI=1S/C27H20NO5PS/c1-31-20-12-14-21(15-13-20)35(29,30)28-34-32-24-16-10-18-6-2-4-8-22(18)26(24)27-23-9-5-3-7-19(23)11-17-25(27)33-34/h2-17,28H,1H3. The Balaban J connectivity index is 1.66. The zero-order valence-electron chi connectivity index (χ0n) is 18.6. The minimum absolute atomic E-state index is 0.0923. The van der Waals surface area contributed by atoms with Gasteiger partial charge >= 0.3 is 8.16 Å². The molecule has 8 heteroatoms. The van der Waals surface area contributed by atoms with Crippen LogP contribution < -0.4 is 9.23 Å². The Hall–Kier alpha value is -3.77. The second-order valence-electron chi connectivity index (χ2n) is 8.03. The molecule has 0 spiro atoms. The predicted octanol–water partition coefficient (Wildman–Crippen LogP) is 7.54. The van der Waals surface area contributed by atoms with Crippen LogP contribution in [0.2, 0.25) is 0 Å². The molecule has 0 aliphatic rings. The molecule has 0 radical (unpaired) electrons. The Morgan fingerprint density at radius 1 is 0.686 bits per heavy atom. The monoisotopic (exact) mass is 501 g/mol.